The lowest BCUT2D eigenvalue weighted by Gasteiger charge is -2.11. The Morgan fingerprint density at radius 1 is 1.28 bits per heavy atom. The number of aryl methyl sites for hydroxylation is 1. The lowest BCUT2D eigenvalue weighted by Crippen LogP contribution is -1.98. The van der Waals surface area contributed by atoms with Crippen molar-refractivity contribution in [2.24, 2.45) is 7.05 Å². The first-order valence-corrected chi connectivity index (χ1v) is 5.99. The van der Waals surface area contributed by atoms with Crippen LogP contribution < -0.4 is 10.5 Å². The second kappa shape index (κ2) is 4.72. The van der Waals surface area contributed by atoms with E-state index in [-0.39, 0.29) is 0 Å². The first-order valence-electron chi connectivity index (χ1n) is 5.99. The Hall–Kier alpha value is -1.97. The molecule has 0 bridgehead atoms. The van der Waals surface area contributed by atoms with E-state index in [4.69, 9.17) is 10.5 Å². The molecule has 0 spiro atoms. The number of hydrogen-bond acceptors (Lipinski definition) is 3. The van der Waals surface area contributed by atoms with E-state index in [1.165, 1.54) is 5.56 Å². The van der Waals surface area contributed by atoms with Crippen molar-refractivity contribution in [3.05, 3.63) is 30.0 Å². The molecule has 96 valence electrons. The van der Waals surface area contributed by atoms with Gasteiger partial charge < -0.3 is 10.5 Å². The third-order valence-electron chi connectivity index (χ3n) is 3.13. The summed E-state index contributed by atoms with van der Waals surface area (Å²) in [5.41, 5.74) is 9.23. The molecule has 18 heavy (non-hydrogen) atoms. The molecule has 2 rings (SSSR count). The summed E-state index contributed by atoms with van der Waals surface area (Å²) in [4.78, 5) is 0. The molecule has 4 nitrogen and oxygen atoms in total. The fourth-order valence-electron chi connectivity index (χ4n) is 1.90. The van der Waals surface area contributed by atoms with E-state index in [0.29, 0.717) is 11.7 Å². The van der Waals surface area contributed by atoms with Gasteiger partial charge in [0.1, 0.15) is 11.6 Å². The van der Waals surface area contributed by atoms with Crippen LogP contribution in [0.2, 0.25) is 0 Å². The number of methoxy groups -OCH3 is 1. The van der Waals surface area contributed by atoms with Crippen LogP contribution in [0.15, 0.2) is 24.4 Å². The lowest BCUT2D eigenvalue weighted by molar-refractivity contribution is 0.414. The van der Waals surface area contributed by atoms with E-state index < -0.39 is 0 Å². The minimum atomic E-state index is 0.441. The Labute approximate surface area is 107 Å². The summed E-state index contributed by atoms with van der Waals surface area (Å²) in [6.07, 6.45) is 1.79. The monoisotopic (exact) mass is 245 g/mol. The van der Waals surface area contributed by atoms with Gasteiger partial charge in [-0.3, -0.25) is 4.68 Å². The van der Waals surface area contributed by atoms with Crippen LogP contribution >= 0.6 is 0 Å². The van der Waals surface area contributed by atoms with Crippen molar-refractivity contribution >= 4 is 5.82 Å². The van der Waals surface area contributed by atoms with Crippen molar-refractivity contribution in [1.82, 2.24) is 9.78 Å². The van der Waals surface area contributed by atoms with Gasteiger partial charge in [-0.2, -0.15) is 5.10 Å². The molecule has 2 aromatic rings. The highest BCUT2D eigenvalue weighted by molar-refractivity contribution is 5.75. The van der Waals surface area contributed by atoms with Gasteiger partial charge >= 0.3 is 0 Å². The number of nitrogens with two attached hydrogens (primary N) is 1. The molecule has 1 aromatic carbocycles. The lowest BCUT2D eigenvalue weighted by atomic mass is 9.98. The summed E-state index contributed by atoms with van der Waals surface area (Å²) in [6, 6.07) is 6.18. The van der Waals surface area contributed by atoms with Gasteiger partial charge in [-0.25, -0.2) is 0 Å². The molecule has 1 heterocycles. The second-order valence-electron chi connectivity index (χ2n) is 4.72. The van der Waals surface area contributed by atoms with E-state index in [2.05, 4.69) is 31.1 Å². The van der Waals surface area contributed by atoms with E-state index in [0.717, 1.165) is 16.9 Å². The smallest absolute Gasteiger partial charge is 0.129 e. The molecular weight excluding hydrogens is 226 g/mol. The normalized spacial score (nSPS) is 10.9. The molecule has 0 amide bonds. The Balaban J connectivity index is 2.56. The summed E-state index contributed by atoms with van der Waals surface area (Å²) < 4.78 is 7.02. The number of aromatic nitrogens is 2. The van der Waals surface area contributed by atoms with Gasteiger partial charge in [0.25, 0.3) is 0 Å². The van der Waals surface area contributed by atoms with Crippen LogP contribution in [0, 0.1) is 0 Å². The highest BCUT2D eigenvalue weighted by atomic mass is 16.5. The van der Waals surface area contributed by atoms with Crippen LogP contribution in [-0.2, 0) is 7.05 Å². The predicted octanol–water partition coefficient (Wildman–Crippen LogP) is 2.80. The summed E-state index contributed by atoms with van der Waals surface area (Å²) in [5, 5.41) is 4.17. The van der Waals surface area contributed by atoms with Crippen molar-refractivity contribution < 1.29 is 4.74 Å². The van der Waals surface area contributed by atoms with Gasteiger partial charge in [-0.1, -0.05) is 19.9 Å². The molecule has 0 aliphatic rings. The third-order valence-corrected chi connectivity index (χ3v) is 3.13. The molecule has 2 N–H and O–H groups in total. The summed E-state index contributed by atoms with van der Waals surface area (Å²) in [5.74, 6) is 1.95. The zero-order valence-electron chi connectivity index (χ0n) is 11.3. The molecular formula is C14H19N3O. The molecule has 0 saturated heterocycles. The van der Waals surface area contributed by atoms with Crippen LogP contribution in [0.3, 0.4) is 0 Å². The SMILES string of the molecule is COc1cc(-c2cnn(C)c2N)cc(C(C)C)c1. The predicted molar refractivity (Wildman–Crippen MR) is 73.7 cm³/mol. The van der Waals surface area contributed by atoms with Gasteiger partial charge in [-0.15, -0.1) is 0 Å². The van der Waals surface area contributed by atoms with Crippen molar-refractivity contribution in [3.8, 4) is 16.9 Å². The van der Waals surface area contributed by atoms with Gasteiger partial charge in [0, 0.05) is 12.6 Å². The number of nitrogen functional groups attached to an aromatic ring is 1. The van der Waals surface area contributed by atoms with Gasteiger partial charge in [0.05, 0.1) is 13.3 Å². The maximum atomic E-state index is 6.01. The largest absolute Gasteiger partial charge is 0.497 e. The minimum Gasteiger partial charge on any atom is -0.497 e. The quantitative estimate of drug-likeness (QED) is 0.904. The van der Waals surface area contributed by atoms with Crippen molar-refractivity contribution in [1.29, 1.82) is 0 Å². The van der Waals surface area contributed by atoms with Gasteiger partial charge in [0.15, 0.2) is 0 Å². The fourth-order valence-corrected chi connectivity index (χ4v) is 1.90. The summed E-state index contributed by atoms with van der Waals surface area (Å²) >= 11 is 0. The van der Waals surface area contributed by atoms with E-state index >= 15 is 0 Å². The molecule has 0 aliphatic carbocycles. The summed E-state index contributed by atoms with van der Waals surface area (Å²) in [6.45, 7) is 4.32. The Kier molecular flexibility index (Phi) is 3.28. The fraction of sp³-hybridized carbons (Fsp3) is 0.357. The molecule has 0 saturated carbocycles. The average Bonchev–Trinajstić information content (AvgIpc) is 2.69. The van der Waals surface area contributed by atoms with E-state index in [1.807, 2.05) is 13.1 Å². The van der Waals surface area contributed by atoms with Crippen molar-refractivity contribution in [3.63, 3.8) is 0 Å². The Bertz CT molecular complexity index is 558. The van der Waals surface area contributed by atoms with Gasteiger partial charge in [0.2, 0.25) is 0 Å². The number of anilines is 1. The molecule has 0 unspecified atom stereocenters. The average molecular weight is 245 g/mol. The topological polar surface area (TPSA) is 53.1 Å². The van der Waals surface area contributed by atoms with Crippen LogP contribution in [0.4, 0.5) is 5.82 Å². The zero-order valence-corrected chi connectivity index (χ0v) is 11.3. The molecule has 1 aromatic heterocycles. The Morgan fingerprint density at radius 2 is 2.00 bits per heavy atom. The molecule has 4 heteroatoms. The minimum absolute atomic E-state index is 0.441. The molecule has 0 fully saturated rings. The first kappa shape index (κ1) is 12.5. The number of benzene rings is 1. The standard InChI is InChI=1S/C14H19N3O/c1-9(2)10-5-11(7-12(6-10)18-4)13-8-16-17(3)14(13)15/h5-9H,15H2,1-4H3. The van der Waals surface area contributed by atoms with Crippen LogP contribution in [0.5, 0.6) is 5.75 Å². The van der Waals surface area contributed by atoms with Crippen LogP contribution in [-0.4, -0.2) is 16.9 Å². The Morgan fingerprint density at radius 3 is 2.50 bits per heavy atom. The third kappa shape index (κ3) is 2.18. The molecule has 0 atom stereocenters. The second-order valence-corrected chi connectivity index (χ2v) is 4.72. The first-order chi connectivity index (χ1) is 8.52. The van der Waals surface area contributed by atoms with Gasteiger partial charge in [-0.05, 0) is 29.2 Å². The van der Waals surface area contributed by atoms with E-state index in [1.54, 1.807) is 18.0 Å². The highest BCUT2D eigenvalue weighted by Crippen LogP contribution is 2.31. The van der Waals surface area contributed by atoms with E-state index in [9.17, 15) is 0 Å². The zero-order chi connectivity index (χ0) is 13.3. The van der Waals surface area contributed by atoms with Crippen LogP contribution in [0.1, 0.15) is 25.3 Å². The summed E-state index contributed by atoms with van der Waals surface area (Å²) in [7, 11) is 3.51. The molecule has 0 radical (unpaired) electrons. The van der Waals surface area contributed by atoms with Crippen molar-refractivity contribution in [2.75, 3.05) is 12.8 Å². The number of hydrogen-bond donors (Lipinski definition) is 1. The number of ether oxygens (including phenoxy) is 1. The number of rotatable bonds is 3. The van der Waals surface area contributed by atoms with Crippen molar-refractivity contribution in [2.45, 2.75) is 19.8 Å². The highest BCUT2D eigenvalue weighted by Gasteiger charge is 2.11. The van der Waals surface area contributed by atoms with Crippen LogP contribution in [0.25, 0.3) is 11.1 Å². The molecule has 0 aliphatic heterocycles. The number of nitrogens with zero attached hydrogens (tertiary/aromatic N) is 2. The maximum Gasteiger partial charge on any atom is 0.129 e. The maximum absolute atomic E-state index is 6.01.